The molecule has 1 N–H and O–H groups in total. The minimum Gasteiger partial charge on any atom is -0.455 e. The zero-order chi connectivity index (χ0) is 25.5. The van der Waals surface area contributed by atoms with Gasteiger partial charge in [0.1, 0.15) is 5.76 Å². The molecular formula is C31H28N2O4. The fourth-order valence-corrected chi connectivity index (χ4v) is 4.71. The molecule has 6 nitrogen and oxygen atoms in total. The van der Waals surface area contributed by atoms with Crippen molar-refractivity contribution in [1.29, 1.82) is 0 Å². The Morgan fingerprint density at radius 3 is 2.32 bits per heavy atom. The van der Waals surface area contributed by atoms with E-state index >= 15 is 0 Å². The molecule has 2 fully saturated rings. The van der Waals surface area contributed by atoms with Crippen LogP contribution in [-0.4, -0.2) is 28.8 Å². The van der Waals surface area contributed by atoms with Gasteiger partial charge in [0.2, 0.25) is 0 Å². The lowest BCUT2D eigenvalue weighted by Crippen LogP contribution is -2.33. The summed E-state index contributed by atoms with van der Waals surface area (Å²) < 4.78 is 6.30. The van der Waals surface area contributed by atoms with Crippen LogP contribution in [0.5, 0.6) is 0 Å². The molecular weight excluding hydrogens is 464 g/mol. The number of para-hydroxylation sites is 1. The second-order valence-corrected chi connectivity index (χ2v) is 10.0. The third-order valence-electron chi connectivity index (χ3n) is 7.14. The van der Waals surface area contributed by atoms with Gasteiger partial charge in [-0.15, -0.1) is 0 Å². The number of nitrogens with one attached hydrogen (secondary N) is 1. The maximum atomic E-state index is 13.9. The first-order valence-corrected chi connectivity index (χ1v) is 12.8. The fraction of sp³-hybridized carbons (Fsp3) is 0.258. The zero-order valence-corrected chi connectivity index (χ0v) is 20.7. The van der Waals surface area contributed by atoms with E-state index in [-0.39, 0.29) is 23.3 Å². The molecule has 4 aromatic rings. The van der Waals surface area contributed by atoms with E-state index in [1.165, 1.54) is 0 Å². The lowest BCUT2D eigenvalue weighted by atomic mass is 10.0. The van der Waals surface area contributed by atoms with Crippen LogP contribution in [0, 0.1) is 6.92 Å². The summed E-state index contributed by atoms with van der Waals surface area (Å²) in [7, 11) is 0. The highest BCUT2D eigenvalue weighted by atomic mass is 16.3. The molecule has 0 bridgehead atoms. The molecule has 3 aromatic carbocycles. The smallest absolute Gasteiger partial charge is 0.258 e. The van der Waals surface area contributed by atoms with Crippen LogP contribution >= 0.6 is 0 Å². The Kier molecular flexibility index (Phi) is 5.87. The van der Waals surface area contributed by atoms with Crippen molar-refractivity contribution in [2.24, 2.45) is 0 Å². The third-order valence-corrected chi connectivity index (χ3v) is 7.14. The second-order valence-electron chi connectivity index (χ2n) is 10.0. The van der Waals surface area contributed by atoms with Gasteiger partial charge < -0.3 is 14.6 Å². The first-order valence-electron chi connectivity index (χ1n) is 12.8. The maximum Gasteiger partial charge on any atom is 0.258 e. The average Bonchev–Trinajstić information content (AvgIpc) is 3.85. The quantitative estimate of drug-likeness (QED) is 0.371. The van der Waals surface area contributed by atoms with Crippen molar-refractivity contribution < 1.29 is 14.0 Å². The van der Waals surface area contributed by atoms with Gasteiger partial charge in [-0.05, 0) is 62.4 Å². The van der Waals surface area contributed by atoms with Crippen LogP contribution in [0.25, 0.3) is 22.3 Å². The van der Waals surface area contributed by atoms with Crippen molar-refractivity contribution in [3.8, 4) is 11.3 Å². The Morgan fingerprint density at radius 1 is 0.919 bits per heavy atom. The largest absolute Gasteiger partial charge is 0.455 e. The maximum absolute atomic E-state index is 13.9. The van der Waals surface area contributed by atoms with Crippen LogP contribution in [0.4, 0.5) is 0 Å². The van der Waals surface area contributed by atoms with Crippen molar-refractivity contribution in [2.45, 2.75) is 51.2 Å². The van der Waals surface area contributed by atoms with Crippen LogP contribution in [-0.2, 0) is 6.54 Å². The Hall–Kier alpha value is -4.19. The van der Waals surface area contributed by atoms with Crippen molar-refractivity contribution >= 4 is 22.8 Å². The fourth-order valence-electron chi connectivity index (χ4n) is 4.71. The highest BCUT2D eigenvalue weighted by Crippen LogP contribution is 2.33. The molecule has 2 amide bonds. The molecule has 0 aliphatic heterocycles. The third kappa shape index (κ3) is 4.67. The molecule has 0 spiro atoms. The predicted molar refractivity (Wildman–Crippen MR) is 142 cm³/mol. The first-order chi connectivity index (χ1) is 18.0. The summed E-state index contributed by atoms with van der Waals surface area (Å²) >= 11 is 0. The summed E-state index contributed by atoms with van der Waals surface area (Å²) in [6.45, 7) is 2.18. The van der Waals surface area contributed by atoms with Gasteiger partial charge in [-0.3, -0.25) is 14.4 Å². The standard InChI is InChI=1S/C31H28N2O4/c1-19-27(34)25-8-5-9-26(29(25)37-28(19)21-6-3-2-4-7-21)31(36)33(24-16-17-24)18-20-10-12-22(13-11-20)30(35)32-23-14-15-23/h2-13,23-24H,14-18H2,1H3,(H,32,35). The Labute approximate surface area is 214 Å². The van der Waals surface area contributed by atoms with Crippen LogP contribution in [0.3, 0.4) is 0 Å². The first kappa shape index (κ1) is 23.2. The van der Waals surface area contributed by atoms with E-state index in [1.807, 2.05) is 59.5 Å². The number of nitrogens with zero attached hydrogens (tertiary/aromatic N) is 1. The van der Waals surface area contributed by atoms with Crippen molar-refractivity contribution in [3.05, 3.63) is 105 Å². The van der Waals surface area contributed by atoms with Crippen LogP contribution in [0.15, 0.2) is 82.0 Å². The van der Waals surface area contributed by atoms with Gasteiger partial charge in [0.05, 0.1) is 10.9 Å². The summed E-state index contributed by atoms with van der Waals surface area (Å²) in [5.74, 6) is 0.269. The normalized spacial score (nSPS) is 14.9. The molecule has 0 atom stereocenters. The van der Waals surface area contributed by atoms with Gasteiger partial charge in [-0.2, -0.15) is 0 Å². The molecule has 186 valence electrons. The highest BCUT2D eigenvalue weighted by Gasteiger charge is 2.34. The summed E-state index contributed by atoms with van der Waals surface area (Å²) in [6.07, 6.45) is 3.97. The van der Waals surface area contributed by atoms with Gasteiger partial charge in [-0.25, -0.2) is 0 Å². The summed E-state index contributed by atoms with van der Waals surface area (Å²) in [5.41, 5.74) is 3.47. The molecule has 6 heteroatoms. The van der Waals surface area contributed by atoms with Gasteiger partial charge in [0.25, 0.3) is 11.8 Å². The van der Waals surface area contributed by atoms with E-state index in [9.17, 15) is 14.4 Å². The van der Waals surface area contributed by atoms with Crippen molar-refractivity contribution in [1.82, 2.24) is 10.2 Å². The average molecular weight is 493 g/mol. The van der Waals surface area contributed by atoms with Gasteiger partial charge in [-0.1, -0.05) is 48.5 Å². The van der Waals surface area contributed by atoms with E-state index in [0.29, 0.717) is 46.0 Å². The molecule has 2 aliphatic rings. The molecule has 6 rings (SSSR count). The minimum atomic E-state index is -0.158. The number of benzene rings is 3. The molecule has 1 heterocycles. The lowest BCUT2D eigenvalue weighted by Gasteiger charge is -2.23. The summed E-state index contributed by atoms with van der Waals surface area (Å²) in [5, 5.41) is 3.41. The van der Waals surface area contributed by atoms with E-state index in [0.717, 1.165) is 36.8 Å². The topological polar surface area (TPSA) is 79.6 Å². The van der Waals surface area contributed by atoms with Gasteiger partial charge in [0.15, 0.2) is 11.0 Å². The molecule has 37 heavy (non-hydrogen) atoms. The molecule has 0 saturated heterocycles. The lowest BCUT2D eigenvalue weighted by molar-refractivity contribution is 0.0730. The van der Waals surface area contributed by atoms with Gasteiger partial charge in [0, 0.05) is 35.3 Å². The van der Waals surface area contributed by atoms with E-state index in [4.69, 9.17) is 4.42 Å². The van der Waals surface area contributed by atoms with Crippen LogP contribution < -0.4 is 10.7 Å². The number of hydrogen-bond donors (Lipinski definition) is 1. The van der Waals surface area contributed by atoms with Crippen molar-refractivity contribution in [3.63, 3.8) is 0 Å². The predicted octanol–water partition coefficient (Wildman–Crippen LogP) is 5.47. The Bertz CT molecular complexity index is 1550. The monoisotopic (exact) mass is 492 g/mol. The number of carbonyl (C=O) groups is 2. The summed E-state index contributed by atoms with van der Waals surface area (Å²) in [4.78, 5) is 41.3. The van der Waals surface area contributed by atoms with Crippen molar-refractivity contribution in [2.75, 3.05) is 0 Å². The molecule has 1 aromatic heterocycles. The van der Waals surface area contributed by atoms with Crippen LogP contribution in [0.2, 0.25) is 0 Å². The van der Waals surface area contributed by atoms with E-state index in [1.54, 1.807) is 25.1 Å². The number of hydrogen-bond acceptors (Lipinski definition) is 4. The van der Waals surface area contributed by atoms with E-state index < -0.39 is 0 Å². The highest BCUT2D eigenvalue weighted by molar-refractivity contribution is 6.05. The molecule has 2 saturated carbocycles. The SMILES string of the molecule is Cc1c(-c2ccccc2)oc2c(C(=O)N(Cc3ccc(C(=O)NC4CC4)cc3)C3CC3)cccc2c1=O. The molecule has 2 aliphatic carbocycles. The minimum absolute atomic E-state index is 0.0560. The molecule has 0 unspecified atom stereocenters. The number of amides is 2. The number of carbonyl (C=O) groups excluding carboxylic acids is 2. The zero-order valence-electron chi connectivity index (χ0n) is 20.7. The Morgan fingerprint density at radius 2 is 1.65 bits per heavy atom. The number of fused-ring (bicyclic) bond motifs is 1. The van der Waals surface area contributed by atoms with E-state index in [2.05, 4.69) is 5.32 Å². The summed E-state index contributed by atoms with van der Waals surface area (Å²) in [6, 6.07) is 22.6. The molecule has 0 radical (unpaired) electrons. The van der Waals surface area contributed by atoms with Crippen LogP contribution in [0.1, 0.15) is 57.5 Å². The Balaban J connectivity index is 1.33. The number of rotatable bonds is 7. The second kappa shape index (κ2) is 9.36. The van der Waals surface area contributed by atoms with Gasteiger partial charge >= 0.3 is 0 Å².